The van der Waals surface area contributed by atoms with Crippen LogP contribution in [0, 0.1) is 0 Å². The molecule has 1 spiro atoms. The number of carbonyl (C=O) groups excluding carboxylic acids is 4. The summed E-state index contributed by atoms with van der Waals surface area (Å²) in [6.07, 6.45) is 11.8. The minimum absolute atomic E-state index is 0.168. The molecular formula is C29H51N3O6. The molecule has 0 aromatic carbocycles. The number of piperidine rings is 1. The van der Waals surface area contributed by atoms with Crippen molar-refractivity contribution in [3.05, 3.63) is 0 Å². The predicted octanol–water partition coefficient (Wildman–Crippen LogP) is 6.92. The summed E-state index contributed by atoms with van der Waals surface area (Å²) in [7, 11) is 0. The summed E-state index contributed by atoms with van der Waals surface area (Å²) >= 11 is 0. The van der Waals surface area contributed by atoms with Crippen molar-refractivity contribution in [2.45, 2.75) is 148 Å². The molecule has 2 rings (SSSR count). The molecule has 9 nitrogen and oxygen atoms in total. The molecule has 0 bridgehead atoms. The summed E-state index contributed by atoms with van der Waals surface area (Å²) in [5.74, 6) is -0.614. The van der Waals surface area contributed by atoms with Crippen molar-refractivity contribution in [1.29, 1.82) is 0 Å². The first kappa shape index (κ1) is 31.9. The number of unbranched alkanes of at least 4 members (excludes halogenated alkanes) is 10. The smallest absolute Gasteiger partial charge is 0.425 e. The fourth-order valence-corrected chi connectivity index (χ4v) is 6.25. The van der Waals surface area contributed by atoms with Crippen molar-refractivity contribution in [3.8, 4) is 0 Å². The number of ether oxygens (including phenoxy) is 2. The monoisotopic (exact) mass is 537 g/mol. The number of likely N-dealkylation sites (tertiary alicyclic amines) is 1. The topological polar surface area (TPSA) is 105 Å². The lowest BCUT2D eigenvalue weighted by molar-refractivity contribution is -0.138. The van der Waals surface area contributed by atoms with E-state index in [-0.39, 0.29) is 19.4 Å². The van der Waals surface area contributed by atoms with Crippen LogP contribution in [0.2, 0.25) is 0 Å². The summed E-state index contributed by atoms with van der Waals surface area (Å²) < 4.78 is 10.9. The maximum Gasteiger partial charge on any atom is 0.425 e. The molecule has 2 fully saturated rings. The van der Waals surface area contributed by atoms with Gasteiger partial charge in [0.15, 0.2) is 0 Å². The first-order valence-corrected chi connectivity index (χ1v) is 14.7. The van der Waals surface area contributed by atoms with E-state index in [1.807, 2.05) is 27.7 Å². The van der Waals surface area contributed by atoms with Gasteiger partial charge in [0.1, 0.15) is 5.54 Å². The normalized spacial score (nSPS) is 19.5. The van der Waals surface area contributed by atoms with Crippen LogP contribution in [0.15, 0.2) is 0 Å². The molecule has 0 aromatic heterocycles. The Kier molecular flexibility index (Phi) is 11.9. The van der Waals surface area contributed by atoms with Crippen LogP contribution in [0.3, 0.4) is 0 Å². The number of nitrogens with one attached hydrogen (secondary N) is 1. The molecule has 1 N–H and O–H groups in total. The van der Waals surface area contributed by atoms with Crippen LogP contribution in [-0.4, -0.2) is 63.8 Å². The Labute approximate surface area is 229 Å². The van der Waals surface area contributed by atoms with Crippen molar-refractivity contribution in [3.63, 3.8) is 0 Å². The second kappa shape index (κ2) is 14.2. The molecule has 2 aliphatic heterocycles. The lowest BCUT2D eigenvalue weighted by Gasteiger charge is -2.56. The maximum absolute atomic E-state index is 13.5. The van der Waals surface area contributed by atoms with Gasteiger partial charge in [0.05, 0.1) is 13.2 Å². The van der Waals surface area contributed by atoms with Gasteiger partial charge in [-0.25, -0.2) is 14.4 Å². The van der Waals surface area contributed by atoms with Gasteiger partial charge in [-0.05, 0) is 40.5 Å². The van der Waals surface area contributed by atoms with E-state index in [1.165, 1.54) is 25.7 Å². The van der Waals surface area contributed by atoms with E-state index >= 15 is 0 Å². The molecule has 0 unspecified atom stereocenters. The van der Waals surface area contributed by atoms with E-state index in [1.54, 1.807) is 4.90 Å². The number of carbonyl (C=O) groups is 4. The molecular weight excluding hydrogens is 486 g/mol. The zero-order valence-corrected chi connectivity index (χ0v) is 24.7. The van der Waals surface area contributed by atoms with Gasteiger partial charge >= 0.3 is 18.2 Å². The standard InChI is InChI=1S/C29H51N3O6/c1-7-9-11-13-15-17-19-37-25(35)31-23(33)29(30-24(31)34)21-27(3,4)32(28(5,6)22-29)26(36)38-20-18-16-14-12-10-8-2/h7-22H2,1-6H3,(H,30,34). The zero-order valence-electron chi connectivity index (χ0n) is 24.7. The Bertz CT molecular complexity index is 807. The second-order valence-electron chi connectivity index (χ2n) is 12.2. The van der Waals surface area contributed by atoms with Gasteiger partial charge in [0.2, 0.25) is 0 Å². The number of rotatable bonds is 14. The van der Waals surface area contributed by atoms with Crippen molar-refractivity contribution in [1.82, 2.24) is 15.1 Å². The Morgan fingerprint density at radius 3 is 1.61 bits per heavy atom. The third-order valence-electron chi connectivity index (χ3n) is 7.65. The molecule has 0 aliphatic carbocycles. The Hall–Kier alpha value is -2.32. The quantitative estimate of drug-likeness (QED) is 0.190. The fourth-order valence-electron chi connectivity index (χ4n) is 6.25. The van der Waals surface area contributed by atoms with Crippen LogP contribution in [0.5, 0.6) is 0 Å². The van der Waals surface area contributed by atoms with E-state index in [9.17, 15) is 19.2 Å². The minimum Gasteiger partial charge on any atom is -0.449 e. The molecule has 0 atom stereocenters. The molecule has 0 aromatic rings. The van der Waals surface area contributed by atoms with Crippen LogP contribution in [0.25, 0.3) is 0 Å². The van der Waals surface area contributed by atoms with Gasteiger partial charge in [-0.3, -0.25) is 9.69 Å². The summed E-state index contributed by atoms with van der Waals surface area (Å²) in [6.45, 7) is 12.3. The highest BCUT2D eigenvalue weighted by molar-refractivity contribution is 6.17. The van der Waals surface area contributed by atoms with E-state index in [0.29, 0.717) is 17.9 Å². The molecule has 38 heavy (non-hydrogen) atoms. The second-order valence-corrected chi connectivity index (χ2v) is 12.2. The first-order chi connectivity index (χ1) is 17.9. The van der Waals surface area contributed by atoms with E-state index in [0.717, 1.165) is 44.9 Å². The van der Waals surface area contributed by atoms with Crippen molar-refractivity contribution in [2.24, 2.45) is 0 Å². The number of hydrogen-bond acceptors (Lipinski definition) is 6. The van der Waals surface area contributed by atoms with Gasteiger partial charge < -0.3 is 14.8 Å². The minimum atomic E-state index is -1.29. The lowest BCUT2D eigenvalue weighted by Crippen LogP contribution is -2.71. The van der Waals surface area contributed by atoms with Gasteiger partial charge in [0, 0.05) is 23.9 Å². The third kappa shape index (κ3) is 8.09. The molecule has 0 saturated carbocycles. The lowest BCUT2D eigenvalue weighted by atomic mass is 9.69. The molecule has 2 heterocycles. The molecule has 2 aliphatic rings. The van der Waals surface area contributed by atoms with E-state index in [2.05, 4.69) is 19.2 Å². The first-order valence-electron chi connectivity index (χ1n) is 14.7. The average Bonchev–Trinajstić information content (AvgIpc) is 3.03. The number of amides is 5. The van der Waals surface area contributed by atoms with Gasteiger partial charge in [-0.2, -0.15) is 4.90 Å². The molecule has 0 radical (unpaired) electrons. The average molecular weight is 538 g/mol. The molecule has 218 valence electrons. The number of nitrogens with zero attached hydrogens (tertiary/aromatic N) is 2. The van der Waals surface area contributed by atoms with Crippen molar-refractivity contribution >= 4 is 24.1 Å². The third-order valence-corrected chi connectivity index (χ3v) is 7.65. The van der Waals surface area contributed by atoms with E-state index < -0.39 is 40.7 Å². The zero-order chi connectivity index (χ0) is 28.4. The number of hydrogen-bond donors (Lipinski definition) is 1. The fraction of sp³-hybridized carbons (Fsp3) is 0.862. The molecule has 9 heteroatoms. The van der Waals surface area contributed by atoms with Gasteiger partial charge in [0.25, 0.3) is 5.91 Å². The highest BCUT2D eigenvalue weighted by Crippen LogP contribution is 2.46. The van der Waals surface area contributed by atoms with Crippen LogP contribution >= 0.6 is 0 Å². The largest absolute Gasteiger partial charge is 0.449 e. The van der Waals surface area contributed by atoms with Crippen molar-refractivity contribution < 1.29 is 28.7 Å². The highest BCUT2D eigenvalue weighted by Gasteiger charge is 2.64. The molecule has 5 amide bonds. The SMILES string of the molecule is CCCCCCCCOC(=O)N1C(=O)NC2(CC(C)(C)N(C(=O)OCCCCCCCC)C(C)(C)C2)C1=O. The van der Waals surface area contributed by atoms with Gasteiger partial charge in [-0.1, -0.05) is 78.1 Å². The summed E-state index contributed by atoms with van der Waals surface area (Å²) in [6, 6.07) is -0.770. The highest BCUT2D eigenvalue weighted by atomic mass is 16.6. The molecule has 2 saturated heterocycles. The van der Waals surface area contributed by atoms with Crippen molar-refractivity contribution in [2.75, 3.05) is 13.2 Å². The summed E-state index contributed by atoms with van der Waals surface area (Å²) in [5, 5.41) is 2.78. The Morgan fingerprint density at radius 1 is 0.711 bits per heavy atom. The van der Waals surface area contributed by atoms with Crippen LogP contribution in [-0.2, 0) is 14.3 Å². The van der Waals surface area contributed by atoms with Crippen LogP contribution in [0.1, 0.15) is 131 Å². The van der Waals surface area contributed by atoms with E-state index in [4.69, 9.17) is 9.47 Å². The van der Waals surface area contributed by atoms with Crippen LogP contribution in [0.4, 0.5) is 14.4 Å². The Morgan fingerprint density at radius 2 is 1.13 bits per heavy atom. The predicted molar refractivity (Wildman–Crippen MR) is 147 cm³/mol. The summed E-state index contributed by atoms with van der Waals surface area (Å²) in [4.78, 5) is 54.4. The van der Waals surface area contributed by atoms with Gasteiger partial charge in [-0.15, -0.1) is 0 Å². The maximum atomic E-state index is 13.5. The Balaban J connectivity index is 1.97. The summed E-state index contributed by atoms with van der Waals surface area (Å²) in [5.41, 5.74) is -2.90. The van der Waals surface area contributed by atoms with Crippen LogP contribution < -0.4 is 5.32 Å². The number of urea groups is 1. The number of imide groups is 3.